The highest BCUT2D eigenvalue weighted by molar-refractivity contribution is 5.95. The first-order valence-corrected chi connectivity index (χ1v) is 7.68. The Bertz CT molecular complexity index is 859. The average molecular weight is 304 g/mol. The summed E-state index contributed by atoms with van der Waals surface area (Å²) in [4.78, 5) is 0. The molecule has 0 amide bonds. The zero-order chi connectivity index (χ0) is 16.4. The highest BCUT2D eigenvalue weighted by Gasteiger charge is 2.12. The maximum Gasteiger partial charge on any atom is 0.143 e. The molecule has 116 valence electrons. The molecule has 3 rings (SSSR count). The molecule has 0 spiro atoms. The second kappa shape index (κ2) is 5.84. The van der Waals surface area contributed by atoms with Crippen molar-refractivity contribution in [1.29, 1.82) is 0 Å². The van der Waals surface area contributed by atoms with E-state index < -0.39 is 0 Å². The molecular formula is C20H20N2O. The Morgan fingerprint density at radius 1 is 0.783 bits per heavy atom. The molecule has 3 aromatic carbocycles. The van der Waals surface area contributed by atoms with Crippen LogP contribution in [0.2, 0.25) is 0 Å². The number of phenolic OH excluding ortho intramolecular Hbond substituents is 1. The van der Waals surface area contributed by atoms with Gasteiger partial charge in [-0.05, 0) is 34.6 Å². The summed E-state index contributed by atoms with van der Waals surface area (Å²) in [7, 11) is 0. The van der Waals surface area contributed by atoms with E-state index in [9.17, 15) is 5.11 Å². The second-order valence-corrected chi connectivity index (χ2v) is 6.65. The number of benzene rings is 3. The molecule has 0 bridgehead atoms. The summed E-state index contributed by atoms with van der Waals surface area (Å²) < 4.78 is 0. The van der Waals surface area contributed by atoms with Crippen LogP contribution in [-0.2, 0) is 5.41 Å². The topological polar surface area (TPSA) is 45.0 Å². The minimum Gasteiger partial charge on any atom is -0.506 e. The smallest absolute Gasteiger partial charge is 0.143 e. The maximum absolute atomic E-state index is 10.1. The van der Waals surface area contributed by atoms with E-state index in [1.54, 1.807) is 6.07 Å². The SMILES string of the molecule is CC(C)(C)c1ccc(/N=N/c2c(O)ccc3ccccc23)cc1. The summed E-state index contributed by atoms with van der Waals surface area (Å²) in [6.45, 7) is 6.53. The molecule has 3 heteroatoms. The number of hydrogen-bond acceptors (Lipinski definition) is 3. The van der Waals surface area contributed by atoms with Crippen molar-refractivity contribution in [3.8, 4) is 5.75 Å². The van der Waals surface area contributed by atoms with E-state index in [0.29, 0.717) is 5.69 Å². The number of rotatable bonds is 2. The van der Waals surface area contributed by atoms with Crippen LogP contribution in [0.5, 0.6) is 5.75 Å². The first-order valence-electron chi connectivity index (χ1n) is 7.68. The summed E-state index contributed by atoms with van der Waals surface area (Å²) >= 11 is 0. The van der Waals surface area contributed by atoms with E-state index in [-0.39, 0.29) is 11.2 Å². The molecule has 0 aliphatic carbocycles. The minimum atomic E-state index is 0.115. The lowest BCUT2D eigenvalue weighted by Crippen LogP contribution is -2.10. The van der Waals surface area contributed by atoms with Gasteiger partial charge in [0.2, 0.25) is 0 Å². The third kappa shape index (κ3) is 3.24. The lowest BCUT2D eigenvalue weighted by Gasteiger charge is -2.18. The minimum absolute atomic E-state index is 0.115. The molecule has 0 fully saturated rings. The lowest BCUT2D eigenvalue weighted by molar-refractivity contribution is 0.477. The second-order valence-electron chi connectivity index (χ2n) is 6.65. The van der Waals surface area contributed by atoms with Gasteiger partial charge < -0.3 is 5.11 Å². The van der Waals surface area contributed by atoms with Crippen LogP contribution in [0.25, 0.3) is 10.8 Å². The Labute approximate surface area is 136 Å². The van der Waals surface area contributed by atoms with Crippen molar-refractivity contribution in [3.05, 3.63) is 66.2 Å². The Hall–Kier alpha value is -2.68. The Balaban J connectivity index is 1.96. The largest absolute Gasteiger partial charge is 0.506 e. The van der Waals surface area contributed by atoms with Crippen molar-refractivity contribution in [2.75, 3.05) is 0 Å². The van der Waals surface area contributed by atoms with Crippen LogP contribution in [0.1, 0.15) is 26.3 Å². The maximum atomic E-state index is 10.1. The number of aromatic hydroxyl groups is 1. The monoisotopic (exact) mass is 304 g/mol. The fourth-order valence-electron chi connectivity index (χ4n) is 2.48. The molecule has 0 aliphatic heterocycles. The molecule has 0 radical (unpaired) electrons. The van der Waals surface area contributed by atoms with Crippen LogP contribution in [0.3, 0.4) is 0 Å². The fourth-order valence-corrected chi connectivity index (χ4v) is 2.48. The van der Waals surface area contributed by atoms with E-state index in [0.717, 1.165) is 16.5 Å². The number of phenols is 1. The average Bonchev–Trinajstić information content (AvgIpc) is 2.53. The van der Waals surface area contributed by atoms with Gasteiger partial charge in [0.1, 0.15) is 11.4 Å². The van der Waals surface area contributed by atoms with Crippen molar-refractivity contribution in [3.63, 3.8) is 0 Å². The molecule has 0 aromatic heterocycles. The van der Waals surface area contributed by atoms with Crippen LogP contribution in [0.15, 0.2) is 70.9 Å². The molecule has 0 saturated heterocycles. The first kappa shape index (κ1) is 15.2. The van der Waals surface area contributed by atoms with E-state index >= 15 is 0 Å². The first-order chi connectivity index (χ1) is 10.9. The number of azo groups is 1. The third-order valence-electron chi connectivity index (χ3n) is 3.88. The molecule has 0 heterocycles. The number of fused-ring (bicyclic) bond motifs is 1. The molecular weight excluding hydrogens is 284 g/mol. The Kier molecular flexibility index (Phi) is 3.87. The fraction of sp³-hybridized carbons (Fsp3) is 0.200. The summed E-state index contributed by atoms with van der Waals surface area (Å²) in [6, 6.07) is 19.4. The van der Waals surface area contributed by atoms with Crippen molar-refractivity contribution < 1.29 is 5.11 Å². The van der Waals surface area contributed by atoms with Crippen molar-refractivity contribution >= 4 is 22.1 Å². The Morgan fingerprint density at radius 2 is 1.48 bits per heavy atom. The van der Waals surface area contributed by atoms with Gasteiger partial charge in [-0.2, -0.15) is 5.11 Å². The standard InChI is InChI=1S/C20H20N2O/c1-20(2,3)15-9-11-16(12-10-15)21-22-19-17-7-5-4-6-14(17)8-13-18(19)23/h4-13,23H,1-3H3/b22-21+. The summed E-state index contributed by atoms with van der Waals surface area (Å²) in [5.74, 6) is 0.138. The van der Waals surface area contributed by atoms with Gasteiger partial charge in [-0.15, -0.1) is 5.11 Å². The molecule has 23 heavy (non-hydrogen) atoms. The van der Waals surface area contributed by atoms with Gasteiger partial charge in [0, 0.05) is 5.39 Å². The molecule has 0 atom stereocenters. The third-order valence-corrected chi connectivity index (χ3v) is 3.88. The van der Waals surface area contributed by atoms with Crippen LogP contribution in [-0.4, -0.2) is 5.11 Å². The normalized spacial score (nSPS) is 12.1. The number of hydrogen-bond donors (Lipinski definition) is 1. The molecule has 0 saturated carbocycles. The molecule has 0 aliphatic rings. The van der Waals surface area contributed by atoms with Gasteiger partial charge in [-0.1, -0.05) is 63.2 Å². The van der Waals surface area contributed by atoms with Crippen molar-refractivity contribution in [2.24, 2.45) is 10.2 Å². The summed E-state index contributed by atoms with van der Waals surface area (Å²) in [5.41, 5.74) is 2.64. The highest BCUT2D eigenvalue weighted by atomic mass is 16.3. The van der Waals surface area contributed by atoms with E-state index in [1.807, 2.05) is 42.5 Å². The van der Waals surface area contributed by atoms with E-state index in [4.69, 9.17) is 0 Å². The predicted octanol–water partition coefficient (Wildman–Crippen LogP) is 6.26. The van der Waals surface area contributed by atoms with E-state index in [1.165, 1.54) is 5.56 Å². The van der Waals surface area contributed by atoms with Crippen molar-refractivity contribution in [2.45, 2.75) is 26.2 Å². The Morgan fingerprint density at radius 3 is 2.17 bits per heavy atom. The van der Waals surface area contributed by atoms with Gasteiger partial charge in [-0.3, -0.25) is 0 Å². The van der Waals surface area contributed by atoms with Crippen LogP contribution in [0.4, 0.5) is 11.4 Å². The van der Waals surface area contributed by atoms with Crippen LogP contribution >= 0.6 is 0 Å². The van der Waals surface area contributed by atoms with Crippen LogP contribution < -0.4 is 0 Å². The quantitative estimate of drug-likeness (QED) is 0.558. The number of nitrogens with zero attached hydrogens (tertiary/aromatic N) is 2. The van der Waals surface area contributed by atoms with Gasteiger partial charge in [0.15, 0.2) is 0 Å². The molecule has 3 nitrogen and oxygen atoms in total. The lowest BCUT2D eigenvalue weighted by atomic mass is 9.87. The van der Waals surface area contributed by atoms with Crippen molar-refractivity contribution in [1.82, 2.24) is 0 Å². The van der Waals surface area contributed by atoms with E-state index in [2.05, 4.69) is 43.1 Å². The van der Waals surface area contributed by atoms with Gasteiger partial charge in [-0.25, -0.2) is 0 Å². The van der Waals surface area contributed by atoms with Gasteiger partial charge >= 0.3 is 0 Å². The van der Waals surface area contributed by atoms with Crippen LogP contribution in [0, 0.1) is 0 Å². The summed E-state index contributed by atoms with van der Waals surface area (Å²) in [6.07, 6.45) is 0. The zero-order valence-corrected chi connectivity index (χ0v) is 13.6. The summed E-state index contributed by atoms with van der Waals surface area (Å²) in [5, 5.41) is 20.6. The highest BCUT2D eigenvalue weighted by Crippen LogP contribution is 2.36. The molecule has 0 unspecified atom stereocenters. The molecule has 1 N–H and O–H groups in total. The van der Waals surface area contributed by atoms with Gasteiger partial charge in [0.25, 0.3) is 0 Å². The predicted molar refractivity (Wildman–Crippen MR) is 94.9 cm³/mol. The van der Waals surface area contributed by atoms with Gasteiger partial charge in [0.05, 0.1) is 5.69 Å². The zero-order valence-electron chi connectivity index (χ0n) is 13.6. The molecule has 3 aromatic rings.